The summed E-state index contributed by atoms with van der Waals surface area (Å²) in [4.78, 5) is 12.8. The quantitative estimate of drug-likeness (QED) is 0.579. The Bertz CT molecular complexity index is 394. The molecule has 0 aliphatic heterocycles. The maximum atomic E-state index is 11.7. The summed E-state index contributed by atoms with van der Waals surface area (Å²) in [5.74, 6) is -0.393. The number of primary amides is 1. The van der Waals surface area contributed by atoms with Gasteiger partial charge in [-0.25, -0.2) is 0 Å². The van der Waals surface area contributed by atoms with Crippen molar-refractivity contribution in [3.63, 3.8) is 0 Å². The van der Waals surface area contributed by atoms with Gasteiger partial charge in [0.1, 0.15) is 5.54 Å². The average molecular weight is 268 g/mol. The van der Waals surface area contributed by atoms with Gasteiger partial charge in [-0.1, -0.05) is 12.1 Å². The molecule has 3 N–H and O–H groups in total. The fraction of sp³-hybridized carbons (Fsp3) is 0.462. The van der Waals surface area contributed by atoms with Gasteiger partial charge in [-0.05, 0) is 30.9 Å². The minimum Gasteiger partial charge on any atom is -0.383 e. The largest absolute Gasteiger partial charge is 0.383 e. The number of benzene rings is 1. The lowest BCUT2D eigenvalue weighted by molar-refractivity contribution is -0.124. The van der Waals surface area contributed by atoms with Crippen molar-refractivity contribution in [2.75, 3.05) is 26.5 Å². The van der Waals surface area contributed by atoms with Crippen molar-refractivity contribution < 1.29 is 9.53 Å². The summed E-state index contributed by atoms with van der Waals surface area (Å²) < 4.78 is 4.97. The number of hydrogen-bond donors (Lipinski definition) is 2. The molecule has 0 heterocycles. The van der Waals surface area contributed by atoms with Crippen molar-refractivity contribution in [2.24, 2.45) is 5.73 Å². The van der Waals surface area contributed by atoms with Gasteiger partial charge < -0.3 is 10.5 Å². The third-order valence-corrected chi connectivity index (χ3v) is 3.69. The van der Waals surface area contributed by atoms with Gasteiger partial charge in [-0.3, -0.25) is 10.1 Å². The van der Waals surface area contributed by atoms with Gasteiger partial charge in [0.2, 0.25) is 5.91 Å². The topological polar surface area (TPSA) is 64.3 Å². The Morgan fingerprint density at radius 3 is 2.50 bits per heavy atom. The first-order valence-electron chi connectivity index (χ1n) is 5.73. The molecule has 1 aromatic rings. The molecule has 0 radical (unpaired) electrons. The monoisotopic (exact) mass is 268 g/mol. The summed E-state index contributed by atoms with van der Waals surface area (Å²) in [6.07, 6.45) is 2.01. The zero-order valence-corrected chi connectivity index (χ0v) is 11.8. The molecule has 1 atom stereocenters. The molecule has 0 saturated carbocycles. The van der Waals surface area contributed by atoms with Gasteiger partial charge in [0, 0.05) is 18.6 Å². The molecule has 0 aliphatic carbocycles. The summed E-state index contributed by atoms with van der Waals surface area (Å²) in [6.45, 7) is 2.89. The second-order valence-corrected chi connectivity index (χ2v) is 5.02. The number of ether oxygens (including phenoxy) is 1. The maximum absolute atomic E-state index is 11.7. The van der Waals surface area contributed by atoms with Gasteiger partial charge in [0.05, 0.1) is 6.61 Å². The van der Waals surface area contributed by atoms with Crippen molar-refractivity contribution in [3.05, 3.63) is 29.8 Å². The van der Waals surface area contributed by atoms with E-state index < -0.39 is 11.4 Å². The SMILES string of the molecule is COCCNC(C)(C(N)=O)c1ccc(SC)cc1. The van der Waals surface area contributed by atoms with Crippen LogP contribution in [-0.4, -0.2) is 32.4 Å². The summed E-state index contributed by atoms with van der Waals surface area (Å²) >= 11 is 1.66. The number of nitrogens with one attached hydrogen (secondary N) is 1. The van der Waals surface area contributed by atoms with E-state index in [4.69, 9.17) is 10.5 Å². The van der Waals surface area contributed by atoms with Crippen LogP contribution in [0.25, 0.3) is 0 Å². The van der Waals surface area contributed by atoms with Gasteiger partial charge in [-0.2, -0.15) is 0 Å². The van der Waals surface area contributed by atoms with Crippen LogP contribution < -0.4 is 11.1 Å². The molecule has 4 nitrogen and oxygen atoms in total. The number of methoxy groups -OCH3 is 1. The molecule has 1 aromatic carbocycles. The smallest absolute Gasteiger partial charge is 0.242 e. The molecular formula is C13H20N2O2S. The van der Waals surface area contributed by atoms with E-state index in [9.17, 15) is 4.79 Å². The van der Waals surface area contributed by atoms with Crippen LogP contribution in [0.5, 0.6) is 0 Å². The maximum Gasteiger partial charge on any atom is 0.242 e. The van der Waals surface area contributed by atoms with E-state index in [1.165, 1.54) is 0 Å². The normalized spacial score (nSPS) is 14.2. The number of carbonyl (C=O) groups is 1. The molecule has 18 heavy (non-hydrogen) atoms. The van der Waals surface area contributed by atoms with E-state index >= 15 is 0 Å². The molecule has 5 heteroatoms. The minimum absolute atomic E-state index is 0.393. The van der Waals surface area contributed by atoms with E-state index in [-0.39, 0.29) is 0 Å². The molecular weight excluding hydrogens is 248 g/mol. The lowest BCUT2D eigenvalue weighted by Crippen LogP contribution is -2.51. The Morgan fingerprint density at radius 2 is 2.06 bits per heavy atom. The molecule has 0 saturated heterocycles. The van der Waals surface area contributed by atoms with Crippen LogP contribution in [0, 0.1) is 0 Å². The van der Waals surface area contributed by atoms with Gasteiger partial charge in [0.15, 0.2) is 0 Å². The fourth-order valence-electron chi connectivity index (χ4n) is 1.66. The lowest BCUT2D eigenvalue weighted by atomic mass is 9.91. The molecule has 0 fully saturated rings. The van der Waals surface area contributed by atoms with Crippen LogP contribution in [0.15, 0.2) is 29.2 Å². The fourth-order valence-corrected chi connectivity index (χ4v) is 2.07. The van der Waals surface area contributed by atoms with Crippen LogP contribution in [0.1, 0.15) is 12.5 Å². The lowest BCUT2D eigenvalue weighted by Gasteiger charge is -2.28. The number of carbonyl (C=O) groups excluding carboxylic acids is 1. The predicted molar refractivity (Wildman–Crippen MR) is 74.6 cm³/mol. The summed E-state index contributed by atoms with van der Waals surface area (Å²) in [5, 5.41) is 3.14. The highest BCUT2D eigenvalue weighted by atomic mass is 32.2. The second kappa shape index (κ2) is 6.78. The van der Waals surface area contributed by atoms with Crippen molar-refractivity contribution >= 4 is 17.7 Å². The van der Waals surface area contributed by atoms with Gasteiger partial charge in [-0.15, -0.1) is 11.8 Å². The highest BCUT2D eigenvalue weighted by Gasteiger charge is 2.32. The molecule has 0 aliphatic rings. The Balaban J connectivity index is 2.91. The van der Waals surface area contributed by atoms with Gasteiger partial charge in [0.25, 0.3) is 0 Å². The molecule has 1 rings (SSSR count). The minimum atomic E-state index is -0.866. The van der Waals surface area contributed by atoms with Crippen LogP contribution in [-0.2, 0) is 15.1 Å². The Hall–Kier alpha value is -1.04. The van der Waals surface area contributed by atoms with Gasteiger partial charge >= 0.3 is 0 Å². The van der Waals surface area contributed by atoms with Crippen molar-refractivity contribution in [2.45, 2.75) is 17.4 Å². The molecule has 1 amide bonds. The zero-order chi connectivity index (χ0) is 13.6. The first-order valence-corrected chi connectivity index (χ1v) is 6.95. The highest BCUT2D eigenvalue weighted by Crippen LogP contribution is 2.23. The van der Waals surface area contributed by atoms with E-state index in [2.05, 4.69) is 5.32 Å². The molecule has 1 unspecified atom stereocenters. The number of nitrogens with two attached hydrogens (primary N) is 1. The third-order valence-electron chi connectivity index (χ3n) is 2.94. The van der Waals surface area contributed by atoms with E-state index in [1.54, 1.807) is 25.8 Å². The Kier molecular flexibility index (Phi) is 5.65. The van der Waals surface area contributed by atoms with Crippen LogP contribution in [0.3, 0.4) is 0 Å². The predicted octanol–water partition coefficient (Wildman–Crippen LogP) is 1.35. The van der Waals surface area contributed by atoms with E-state index in [1.807, 2.05) is 30.5 Å². The first kappa shape index (κ1) is 15.0. The van der Waals surface area contributed by atoms with Crippen molar-refractivity contribution in [1.29, 1.82) is 0 Å². The van der Waals surface area contributed by atoms with Crippen LogP contribution in [0.4, 0.5) is 0 Å². The summed E-state index contributed by atoms with van der Waals surface area (Å²) in [5.41, 5.74) is 5.51. The Labute approximate surface area is 112 Å². The number of amides is 1. The second-order valence-electron chi connectivity index (χ2n) is 4.14. The average Bonchev–Trinajstić information content (AvgIpc) is 2.38. The van der Waals surface area contributed by atoms with Crippen LogP contribution in [0.2, 0.25) is 0 Å². The zero-order valence-electron chi connectivity index (χ0n) is 11.0. The molecule has 0 aromatic heterocycles. The van der Waals surface area contributed by atoms with E-state index in [0.717, 1.165) is 10.5 Å². The van der Waals surface area contributed by atoms with E-state index in [0.29, 0.717) is 13.2 Å². The number of thioether (sulfide) groups is 1. The Morgan fingerprint density at radius 1 is 1.44 bits per heavy atom. The van der Waals surface area contributed by atoms with Crippen molar-refractivity contribution in [1.82, 2.24) is 5.32 Å². The highest BCUT2D eigenvalue weighted by molar-refractivity contribution is 7.98. The molecule has 0 spiro atoms. The first-order chi connectivity index (χ1) is 8.54. The van der Waals surface area contributed by atoms with Crippen LogP contribution >= 0.6 is 11.8 Å². The summed E-state index contributed by atoms with van der Waals surface area (Å²) in [6, 6.07) is 7.82. The molecule has 100 valence electrons. The summed E-state index contributed by atoms with van der Waals surface area (Å²) in [7, 11) is 1.62. The standard InChI is InChI=1S/C13H20N2O2S/c1-13(12(14)16,15-8-9-17-2)10-4-6-11(18-3)7-5-10/h4-7,15H,8-9H2,1-3H3,(H2,14,16). The molecule has 0 bridgehead atoms. The third kappa shape index (κ3) is 3.48. The number of hydrogen-bond acceptors (Lipinski definition) is 4. The van der Waals surface area contributed by atoms with Crippen molar-refractivity contribution in [3.8, 4) is 0 Å². The number of rotatable bonds is 7.